The first kappa shape index (κ1) is 15.9. The zero-order chi connectivity index (χ0) is 18.2. The second-order valence-corrected chi connectivity index (χ2v) is 7.56. The summed E-state index contributed by atoms with van der Waals surface area (Å²) >= 11 is 1.62. The van der Waals surface area contributed by atoms with Gasteiger partial charge in [-0.05, 0) is 49.2 Å². The molecule has 0 aliphatic heterocycles. The highest BCUT2D eigenvalue weighted by atomic mass is 32.2. The van der Waals surface area contributed by atoms with Gasteiger partial charge in [0.25, 0.3) is 0 Å². The van der Waals surface area contributed by atoms with Crippen molar-refractivity contribution in [3.8, 4) is 6.07 Å². The Morgan fingerprint density at radius 2 is 2.00 bits per heavy atom. The lowest BCUT2D eigenvalue weighted by molar-refractivity contribution is 0.642. The van der Waals surface area contributed by atoms with Crippen molar-refractivity contribution in [3.63, 3.8) is 0 Å². The predicted molar refractivity (Wildman–Crippen MR) is 103 cm³/mol. The number of hydrogen-bond donors (Lipinski definition) is 2. The molecule has 8 heteroatoms. The van der Waals surface area contributed by atoms with Crippen molar-refractivity contribution in [1.82, 2.24) is 24.7 Å². The van der Waals surface area contributed by atoms with E-state index < -0.39 is 0 Å². The molecule has 0 radical (unpaired) electrons. The van der Waals surface area contributed by atoms with Crippen LogP contribution in [0.3, 0.4) is 0 Å². The highest BCUT2D eigenvalue weighted by Gasteiger charge is 2.24. The summed E-state index contributed by atoms with van der Waals surface area (Å²) in [5.41, 5.74) is 3.33. The Hall–Kier alpha value is -3.31. The summed E-state index contributed by atoms with van der Waals surface area (Å²) in [5.74, 6) is 0.582. The average Bonchev–Trinajstić information content (AvgIpc) is 3.24. The van der Waals surface area contributed by atoms with Crippen molar-refractivity contribution >= 4 is 34.4 Å². The molecule has 132 valence electrons. The molecule has 1 saturated carbocycles. The number of anilines is 2. The van der Waals surface area contributed by atoms with Gasteiger partial charge in [-0.15, -0.1) is 5.10 Å². The number of nitrogens with one attached hydrogen (secondary N) is 2. The molecule has 1 fully saturated rings. The first-order chi connectivity index (χ1) is 13.3. The SMILES string of the molecule is N#Cc1ccc(Sc2cc(Nc3ncn(C4CC4)n3)c3[nH]cnc3c2)cc1. The molecule has 2 heterocycles. The van der Waals surface area contributed by atoms with Crippen LogP contribution in [0.15, 0.2) is 58.8 Å². The van der Waals surface area contributed by atoms with Crippen LogP contribution in [0.25, 0.3) is 11.0 Å². The lowest BCUT2D eigenvalue weighted by Gasteiger charge is -2.08. The third-order valence-electron chi connectivity index (χ3n) is 4.40. The molecule has 0 saturated heterocycles. The van der Waals surface area contributed by atoms with Crippen LogP contribution in [0.4, 0.5) is 11.6 Å². The standard InChI is InChI=1S/C19H15N7S/c20-9-12-1-5-14(6-2-12)27-15-7-16-18(22-10-21-16)17(8-15)24-19-23-11-26(25-19)13-3-4-13/h1-2,5-8,10-11,13H,3-4H2,(H,21,22)(H,24,25). The van der Waals surface area contributed by atoms with Gasteiger partial charge in [0, 0.05) is 9.79 Å². The largest absolute Gasteiger partial charge is 0.343 e. The number of aromatic nitrogens is 5. The molecule has 0 atom stereocenters. The number of benzene rings is 2. The van der Waals surface area contributed by atoms with E-state index in [0.717, 1.165) is 26.5 Å². The molecular weight excluding hydrogens is 358 g/mol. The highest BCUT2D eigenvalue weighted by Crippen LogP contribution is 2.36. The fourth-order valence-corrected chi connectivity index (χ4v) is 3.77. The zero-order valence-corrected chi connectivity index (χ0v) is 15.1. The van der Waals surface area contributed by atoms with E-state index in [1.165, 1.54) is 12.8 Å². The Balaban J connectivity index is 1.45. The van der Waals surface area contributed by atoms with E-state index in [0.29, 0.717) is 17.6 Å². The summed E-state index contributed by atoms with van der Waals surface area (Å²) in [7, 11) is 0. The van der Waals surface area contributed by atoms with Crippen LogP contribution in [0.5, 0.6) is 0 Å². The molecule has 1 aliphatic carbocycles. The third-order valence-corrected chi connectivity index (χ3v) is 5.38. The highest BCUT2D eigenvalue weighted by molar-refractivity contribution is 7.99. The lowest BCUT2D eigenvalue weighted by Crippen LogP contribution is -1.98. The quantitative estimate of drug-likeness (QED) is 0.543. The van der Waals surface area contributed by atoms with Crippen molar-refractivity contribution in [3.05, 3.63) is 54.6 Å². The van der Waals surface area contributed by atoms with E-state index in [-0.39, 0.29) is 0 Å². The average molecular weight is 373 g/mol. The summed E-state index contributed by atoms with van der Waals surface area (Å²) in [6.07, 6.45) is 5.80. The van der Waals surface area contributed by atoms with Gasteiger partial charge in [0.15, 0.2) is 0 Å². The van der Waals surface area contributed by atoms with Crippen LogP contribution in [0.1, 0.15) is 24.4 Å². The van der Waals surface area contributed by atoms with E-state index in [1.54, 1.807) is 24.4 Å². The molecule has 0 bridgehead atoms. The second kappa shape index (κ2) is 6.45. The number of fused-ring (bicyclic) bond motifs is 1. The van der Waals surface area contributed by atoms with Crippen molar-refractivity contribution < 1.29 is 0 Å². The number of aromatic amines is 1. The maximum atomic E-state index is 8.94. The molecule has 0 unspecified atom stereocenters. The minimum atomic E-state index is 0.499. The Bertz CT molecular complexity index is 1150. The molecule has 4 aromatic rings. The van der Waals surface area contributed by atoms with E-state index >= 15 is 0 Å². The topological polar surface area (TPSA) is 95.2 Å². The van der Waals surface area contributed by atoms with Gasteiger partial charge in [-0.2, -0.15) is 5.26 Å². The normalized spacial score (nSPS) is 13.6. The minimum Gasteiger partial charge on any atom is -0.343 e. The Labute approximate surface area is 159 Å². The predicted octanol–water partition coefficient (Wildman–Crippen LogP) is 4.26. The van der Waals surface area contributed by atoms with Crippen LogP contribution in [-0.2, 0) is 0 Å². The summed E-state index contributed by atoms with van der Waals surface area (Å²) < 4.78 is 1.92. The number of hydrogen-bond acceptors (Lipinski definition) is 6. The number of nitriles is 1. The van der Waals surface area contributed by atoms with Crippen LogP contribution in [0, 0.1) is 11.3 Å². The fraction of sp³-hybridized carbons (Fsp3) is 0.158. The van der Waals surface area contributed by atoms with Gasteiger partial charge in [-0.1, -0.05) is 11.8 Å². The van der Waals surface area contributed by atoms with Gasteiger partial charge in [-0.3, -0.25) is 0 Å². The Kier molecular flexibility index (Phi) is 3.80. The molecule has 27 heavy (non-hydrogen) atoms. The Morgan fingerprint density at radius 3 is 2.78 bits per heavy atom. The molecule has 7 nitrogen and oxygen atoms in total. The van der Waals surface area contributed by atoms with Crippen molar-refractivity contribution in [2.45, 2.75) is 28.7 Å². The van der Waals surface area contributed by atoms with E-state index in [2.05, 4.69) is 37.5 Å². The monoisotopic (exact) mass is 373 g/mol. The first-order valence-corrected chi connectivity index (χ1v) is 9.43. The number of imidazole rings is 1. The van der Waals surface area contributed by atoms with Crippen molar-refractivity contribution in [2.75, 3.05) is 5.32 Å². The zero-order valence-electron chi connectivity index (χ0n) is 14.3. The van der Waals surface area contributed by atoms with Gasteiger partial charge < -0.3 is 10.3 Å². The summed E-state index contributed by atoms with van der Waals surface area (Å²) in [4.78, 5) is 14.0. The van der Waals surface area contributed by atoms with Gasteiger partial charge >= 0.3 is 0 Å². The van der Waals surface area contributed by atoms with Gasteiger partial charge in [-0.25, -0.2) is 14.6 Å². The second-order valence-electron chi connectivity index (χ2n) is 6.41. The lowest BCUT2D eigenvalue weighted by atomic mass is 10.2. The molecule has 2 N–H and O–H groups in total. The van der Waals surface area contributed by atoms with Crippen molar-refractivity contribution in [1.29, 1.82) is 5.26 Å². The smallest absolute Gasteiger partial charge is 0.246 e. The summed E-state index contributed by atoms with van der Waals surface area (Å²) in [6.45, 7) is 0. The minimum absolute atomic E-state index is 0.499. The van der Waals surface area contributed by atoms with Crippen LogP contribution >= 0.6 is 11.8 Å². The molecule has 5 rings (SSSR count). The van der Waals surface area contributed by atoms with Gasteiger partial charge in [0.2, 0.25) is 5.95 Å². The van der Waals surface area contributed by atoms with Gasteiger partial charge in [0.1, 0.15) is 6.33 Å². The van der Waals surface area contributed by atoms with E-state index in [1.807, 2.05) is 35.0 Å². The van der Waals surface area contributed by atoms with E-state index in [9.17, 15) is 0 Å². The number of nitrogens with zero attached hydrogens (tertiary/aromatic N) is 5. The van der Waals surface area contributed by atoms with Crippen LogP contribution in [-0.4, -0.2) is 24.7 Å². The molecular formula is C19H15N7S. The first-order valence-electron chi connectivity index (χ1n) is 8.62. The van der Waals surface area contributed by atoms with E-state index in [4.69, 9.17) is 5.26 Å². The van der Waals surface area contributed by atoms with Crippen LogP contribution in [0.2, 0.25) is 0 Å². The number of H-pyrrole nitrogens is 1. The third kappa shape index (κ3) is 3.25. The molecule has 1 aliphatic rings. The molecule has 0 spiro atoms. The molecule has 2 aromatic heterocycles. The van der Waals surface area contributed by atoms with Crippen LogP contribution < -0.4 is 5.32 Å². The van der Waals surface area contributed by atoms with Crippen molar-refractivity contribution in [2.24, 2.45) is 0 Å². The fourth-order valence-electron chi connectivity index (χ4n) is 2.88. The Morgan fingerprint density at radius 1 is 1.15 bits per heavy atom. The molecule has 2 aromatic carbocycles. The maximum absolute atomic E-state index is 8.94. The summed E-state index contributed by atoms with van der Waals surface area (Å²) in [6, 6.07) is 14.3. The molecule has 0 amide bonds. The maximum Gasteiger partial charge on any atom is 0.246 e. The summed E-state index contributed by atoms with van der Waals surface area (Å²) in [5, 5.41) is 16.8. The van der Waals surface area contributed by atoms with Gasteiger partial charge in [0.05, 0.1) is 40.7 Å². The number of rotatable bonds is 5.